The van der Waals surface area contributed by atoms with Gasteiger partial charge in [-0.05, 0) is 43.4 Å². The molecular formula is C23H30N6O4S. The number of sulfone groups is 1. The van der Waals surface area contributed by atoms with Crippen LogP contribution in [-0.2, 0) is 26.7 Å². The molecule has 1 aromatic carbocycles. The lowest BCUT2D eigenvalue weighted by atomic mass is 9.84. The van der Waals surface area contributed by atoms with Gasteiger partial charge in [-0.25, -0.2) is 8.42 Å². The van der Waals surface area contributed by atoms with Gasteiger partial charge in [-0.3, -0.25) is 14.4 Å². The lowest BCUT2D eigenvalue weighted by molar-refractivity contribution is -0.117. The number of carbonyl (C=O) groups excluding carboxylic acids is 1. The number of piperidine rings is 1. The molecule has 1 amide bonds. The molecule has 182 valence electrons. The number of nitrogens with zero attached hydrogens (tertiary/aromatic N) is 4. The summed E-state index contributed by atoms with van der Waals surface area (Å²) in [5.41, 5.74) is 6.50. The fourth-order valence-corrected chi connectivity index (χ4v) is 5.00. The number of likely N-dealkylation sites (tertiary alicyclic amines) is 1. The lowest BCUT2D eigenvalue weighted by Crippen LogP contribution is -2.46. The Morgan fingerprint density at radius 3 is 2.50 bits per heavy atom. The maximum atomic E-state index is 12.3. The Hall–Kier alpha value is -2.78. The first kappa shape index (κ1) is 24.3. The molecule has 34 heavy (non-hydrogen) atoms. The fraction of sp³-hybridized carbons (Fsp3) is 0.522. The van der Waals surface area contributed by atoms with Crippen LogP contribution in [0.15, 0.2) is 35.4 Å². The molecule has 1 atom stereocenters. The predicted octanol–water partition coefficient (Wildman–Crippen LogP) is 1.49. The van der Waals surface area contributed by atoms with Gasteiger partial charge in [0.05, 0.1) is 28.5 Å². The van der Waals surface area contributed by atoms with Gasteiger partial charge in [0.1, 0.15) is 6.23 Å². The molecule has 2 heterocycles. The van der Waals surface area contributed by atoms with Gasteiger partial charge in [0.2, 0.25) is 5.91 Å². The molecule has 11 heteroatoms. The number of benzene rings is 1. The van der Waals surface area contributed by atoms with Crippen molar-refractivity contribution in [2.75, 3.05) is 24.7 Å². The molecule has 4 rings (SSSR count). The second-order valence-electron chi connectivity index (χ2n) is 9.34. The summed E-state index contributed by atoms with van der Waals surface area (Å²) >= 11 is 0. The van der Waals surface area contributed by atoms with Crippen molar-refractivity contribution >= 4 is 21.6 Å². The number of nitriles is 1. The number of carbonyl (C=O) groups is 1. The van der Waals surface area contributed by atoms with Gasteiger partial charge < -0.3 is 16.2 Å². The Labute approximate surface area is 199 Å². The molecule has 0 bridgehead atoms. The Kier molecular flexibility index (Phi) is 6.78. The highest BCUT2D eigenvalue weighted by Gasteiger charge is 2.39. The van der Waals surface area contributed by atoms with Crippen LogP contribution in [0.2, 0.25) is 0 Å². The number of amides is 1. The van der Waals surface area contributed by atoms with E-state index in [4.69, 9.17) is 5.73 Å². The molecule has 1 aromatic heterocycles. The molecule has 1 saturated heterocycles. The summed E-state index contributed by atoms with van der Waals surface area (Å²) in [4.78, 5) is 14.8. The number of nitrogens with two attached hydrogens (primary N) is 1. The quantitative estimate of drug-likeness (QED) is 0.474. The van der Waals surface area contributed by atoms with E-state index in [-0.39, 0.29) is 24.1 Å². The number of anilines is 1. The minimum absolute atomic E-state index is 0.0178. The molecule has 0 spiro atoms. The van der Waals surface area contributed by atoms with Crippen LogP contribution in [0, 0.1) is 17.2 Å². The largest absolute Gasteiger partial charge is 0.374 e. The van der Waals surface area contributed by atoms with Crippen LogP contribution in [0.1, 0.15) is 49.5 Å². The van der Waals surface area contributed by atoms with E-state index in [2.05, 4.69) is 21.4 Å². The highest BCUT2D eigenvalue weighted by atomic mass is 32.2. The van der Waals surface area contributed by atoms with Gasteiger partial charge in [-0.2, -0.15) is 10.4 Å². The predicted molar refractivity (Wildman–Crippen MR) is 125 cm³/mol. The minimum atomic E-state index is -3.23. The highest BCUT2D eigenvalue weighted by Crippen LogP contribution is 2.36. The maximum absolute atomic E-state index is 12.3. The van der Waals surface area contributed by atoms with Crippen molar-refractivity contribution < 1.29 is 18.3 Å². The van der Waals surface area contributed by atoms with Gasteiger partial charge in [0, 0.05) is 38.0 Å². The molecule has 2 fully saturated rings. The number of aromatic nitrogens is 2. The molecule has 1 aliphatic carbocycles. The molecule has 4 N–H and O–H groups in total. The number of nitrogens with one attached hydrogen (secondary N) is 1. The standard InChI is InChI=1S/C23H30N6O4S/c1-34(32,33)18-6-2-16(3-7-18)14-28-12-9-23(8-11-24,10-13-28)29-15-19(20(25)30)21(27-29)26-22(31)17-4-5-17/h2-3,6-7,15,17,20,30H,4-5,8-10,12-14,25H2,1H3,(H,26,27,31). The maximum Gasteiger partial charge on any atom is 0.228 e. The lowest BCUT2D eigenvalue weighted by Gasteiger charge is -2.40. The van der Waals surface area contributed by atoms with E-state index in [1.807, 2.05) is 12.1 Å². The smallest absolute Gasteiger partial charge is 0.228 e. The van der Waals surface area contributed by atoms with Gasteiger partial charge >= 0.3 is 0 Å². The number of hydrogen-bond donors (Lipinski definition) is 3. The topological polar surface area (TPSA) is 154 Å². The van der Waals surface area contributed by atoms with Gasteiger partial charge in [-0.15, -0.1) is 0 Å². The summed E-state index contributed by atoms with van der Waals surface area (Å²) in [6.07, 6.45) is 4.77. The first-order valence-electron chi connectivity index (χ1n) is 11.3. The summed E-state index contributed by atoms with van der Waals surface area (Å²) in [5.74, 6) is 0.103. The van der Waals surface area contributed by atoms with E-state index in [1.54, 1.807) is 23.0 Å². The number of hydrogen-bond acceptors (Lipinski definition) is 8. The van der Waals surface area contributed by atoms with Crippen LogP contribution in [0.3, 0.4) is 0 Å². The van der Waals surface area contributed by atoms with E-state index in [0.717, 1.165) is 18.4 Å². The average Bonchev–Trinajstić information content (AvgIpc) is 3.55. The molecule has 0 radical (unpaired) electrons. The molecule has 1 unspecified atom stereocenters. The summed E-state index contributed by atoms with van der Waals surface area (Å²) in [6.45, 7) is 2.08. The third-order valence-corrected chi connectivity index (χ3v) is 7.82. The monoisotopic (exact) mass is 486 g/mol. The van der Waals surface area contributed by atoms with Crippen molar-refractivity contribution in [3.05, 3.63) is 41.6 Å². The Morgan fingerprint density at radius 2 is 1.97 bits per heavy atom. The SMILES string of the molecule is CS(=O)(=O)c1ccc(CN2CCC(CC#N)(n3cc(C(N)O)c(NC(=O)C4CC4)n3)CC2)cc1. The van der Waals surface area contributed by atoms with Crippen molar-refractivity contribution in [3.8, 4) is 6.07 Å². The number of aliphatic hydroxyl groups is 1. The van der Waals surface area contributed by atoms with Crippen molar-refractivity contribution in [1.82, 2.24) is 14.7 Å². The number of aliphatic hydroxyl groups excluding tert-OH is 1. The third-order valence-electron chi connectivity index (χ3n) is 6.69. The zero-order chi connectivity index (χ0) is 24.5. The molecule has 1 aliphatic heterocycles. The zero-order valence-corrected chi connectivity index (χ0v) is 20.0. The minimum Gasteiger partial charge on any atom is -0.374 e. The zero-order valence-electron chi connectivity index (χ0n) is 19.1. The Morgan fingerprint density at radius 1 is 1.32 bits per heavy atom. The van der Waals surface area contributed by atoms with Gasteiger partial charge in [-0.1, -0.05) is 12.1 Å². The van der Waals surface area contributed by atoms with Crippen molar-refractivity contribution in [2.45, 2.75) is 55.3 Å². The van der Waals surface area contributed by atoms with E-state index in [0.29, 0.717) is 42.9 Å². The van der Waals surface area contributed by atoms with Crippen molar-refractivity contribution in [2.24, 2.45) is 11.7 Å². The normalized spacial score (nSPS) is 19.4. The van der Waals surface area contributed by atoms with Gasteiger partial charge in [0.25, 0.3) is 0 Å². The number of rotatable bonds is 8. The van der Waals surface area contributed by atoms with Crippen LogP contribution in [0.25, 0.3) is 0 Å². The first-order valence-corrected chi connectivity index (χ1v) is 13.2. The van der Waals surface area contributed by atoms with Crippen LogP contribution >= 0.6 is 0 Å². The summed E-state index contributed by atoms with van der Waals surface area (Å²) in [7, 11) is -3.23. The average molecular weight is 487 g/mol. The molecule has 2 aliphatic rings. The van der Waals surface area contributed by atoms with Crippen molar-refractivity contribution in [3.63, 3.8) is 0 Å². The third kappa shape index (κ3) is 5.31. The fourth-order valence-electron chi connectivity index (χ4n) is 4.37. The second-order valence-corrected chi connectivity index (χ2v) is 11.4. The molecule has 10 nitrogen and oxygen atoms in total. The van der Waals surface area contributed by atoms with E-state index >= 15 is 0 Å². The van der Waals surface area contributed by atoms with E-state index in [9.17, 15) is 23.6 Å². The Bertz CT molecular complexity index is 1190. The van der Waals surface area contributed by atoms with Gasteiger partial charge in [0.15, 0.2) is 15.7 Å². The van der Waals surface area contributed by atoms with Crippen LogP contribution in [-0.4, -0.2) is 53.5 Å². The van der Waals surface area contributed by atoms with E-state index in [1.165, 1.54) is 6.26 Å². The molecular weight excluding hydrogens is 456 g/mol. The highest BCUT2D eigenvalue weighted by molar-refractivity contribution is 7.90. The molecule has 1 saturated carbocycles. The summed E-state index contributed by atoms with van der Waals surface area (Å²) < 4.78 is 25.0. The second kappa shape index (κ2) is 9.46. The Balaban J connectivity index is 1.48. The molecule has 2 aromatic rings. The van der Waals surface area contributed by atoms with Crippen molar-refractivity contribution in [1.29, 1.82) is 5.26 Å². The summed E-state index contributed by atoms with van der Waals surface area (Å²) in [5, 5.41) is 26.9. The summed E-state index contributed by atoms with van der Waals surface area (Å²) in [6, 6.07) is 9.16. The van der Waals surface area contributed by atoms with Crippen LogP contribution in [0.4, 0.5) is 5.82 Å². The van der Waals surface area contributed by atoms with E-state index < -0.39 is 21.6 Å². The van der Waals surface area contributed by atoms with Crippen LogP contribution in [0.5, 0.6) is 0 Å². The first-order chi connectivity index (χ1) is 16.1. The van der Waals surface area contributed by atoms with Crippen LogP contribution < -0.4 is 11.1 Å².